The molecule has 1 aliphatic carbocycles. The van der Waals surface area contributed by atoms with Crippen molar-refractivity contribution in [2.75, 3.05) is 31.9 Å². The lowest BCUT2D eigenvalue weighted by atomic mass is 9.78. The summed E-state index contributed by atoms with van der Waals surface area (Å²) in [5.74, 6) is 2.29. The number of anilines is 1. The van der Waals surface area contributed by atoms with Crippen LogP contribution in [0.3, 0.4) is 0 Å². The van der Waals surface area contributed by atoms with Crippen molar-refractivity contribution < 1.29 is 4.79 Å². The lowest BCUT2D eigenvalue weighted by Crippen LogP contribution is -2.54. The summed E-state index contributed by atoms with van der Waals surface area (Å²) in [6.45, 7) is 5.31. The van der Waals surface area contributed by atoms with Crippen molar-refractivity contribution >= 4 is 39.8 Å². The van der Waals surface area contributed by atoms with Crippen molar-refractivity contribution in [1.29, 1.82) is 0 Å². The van der Waals surface area contributed by atoms with Crippen LogP contribution in [0.25, 0.3) is 5.52 Å². The Kier molecular flexibility index (Phi) is 4.11. The van der Waals surface area contributed by atoms with Gasteiger partial charge < -0.3 is 10.6 Å². The van der Waals surface area contributed by atoms with Crippen molar-refractivity contribution in [3.05, 3.63) is 21.9 Å². The summed E-state index contributed by atoms with van der Waals surface area (Å²) in [7, 11) is 0. The Balaban J connectivity index is 1.43. The second-order valence-corrected chi connectivity index (χ2v) is 7.68. The zero-order valence-corrected chi connectivity index (χ0v) is 15.8. The first-order chi connectivity index (χ1) is 11.5. The number of rotatable bonds is 2. The normalized spacial score (nSPS) is 25.0. The monoisotopic (exact) mass is 440 g/mol. The quantitative estimate of drug-likeness (QED) is 0.713. The molecule has 0 aromatic carbocycles. The van der Waals surface area contributed by atoms with Gasteiger partial charge in [0, 0.05) is 57.5 Å². The van der Waals surface area contributed by atoms with E-state index in [2.05, 4.69) is 36.9 Å². The average Bonchev–Trinajstić information content (AvgIpc) is 2.85. The van der Waals surface area contributed by atoms with E-state index in [1.165, 1.54) is 0 Å². The van der Waals surface area contributed by atoms with Crippen LogP contribution in [0.5, 0.6) is 0 Å². The summed E-state index contributed by atoms with van der Waals surface area (Å²) in [4.78, 5) is 24.8. The maximum Gasteiger partial charge on any atom is 0.219 e. The second-order valence-electron chi connectivity index (χ2n) is 6.66. The van der Waals surface area contributed by atoms with Crippen molar-refractivity contribution in [2.24, 2.45) is 0 Å². The molecule has 0 radical (unpaired) electrons. The molecule has 4 rings (SSSR count). The molecule has 2 aromatic rings. The van der Waals surface area contributed by atoms with E-state index in [0.717, 1.165) is 54.1 Å². The van der Waals surface area contributed by atoms with Gasteiger partial charge >= 0.3 is 0 Å². The van der Waals surface area contributed by atoms with Crippen LogP contribution in [-0.2, 0) is 4.79 Å². The van der Waals surface area contributed by atoms with Crippen LogP contribution < -0.4 is 5.73 Å². The Bertz CT molecular complexity index is 776. The molecular formula is C16H21IN6O. The lowest BCUT2D eigenvalue weighted by molar-refractivity contribution is -0.131. The fourth-order valence-corrected chi connectivity index (χ4v) is 4.61. The van der Waals surface area contributed by atoms with Gasteiger partial charge in [-0.25, -0.2) is 9.97 Å². The van der Waals surface area contributed by atoms with Crippen LogP contribution in [0.1, 0.15) is 31.5 Å². The molecule has 1 saturated carbocycles. The Labute approximate surface area is 154 Å². The van der Waals surface area contributed by atoms with Crippen molar-refractivity contribution in [2.45, 2.75) is 31.7 Å². The predicted molar refractivity (Wildman–Crippen MR) is 99.7 cm³/mol. The van der Waals surface area contributed by atoms with Gasteiger partial charge in [-0.2, -0.15) is 0 Å². The lowest BCUT2D eigenvalue weighted by Gasteiger charge is -2.46. The van der Waals surface area contributed by atoms with Gasteiger partial charge in [0.15, 0.2) is 5.82 Å². The molecular weight excluding hydrogens is 419 g/mol. The first-order valence-corrected chi connectivity index (χ1v) is 9.40. The van der Waals surface area contributed by atoms with E-state index in [-0.39, 0.29) is 5.91 Å². The molecule has 8 heteroatoms. The molecule has 0 spiro atoms. The number of hydrogen-bond acceptors (Lipinski definition) is 5. The molecule has 2 fully saturated rings. The fraction of sp³-hybridized carbons (Fsp3) is 0.562. The minimum atomic E-state index is 0.186. The van der Waals surface area contributed by atoms with Gasteiger partial charge in [0.1, 0.15) is 15.0 Å². The number of nitrogens with two attached hydrogens (primary N) is 1. The zero-order chi connectivity index (χ0) is 16.8. The highest BCUT2D eigenvalue weighted by molar-refractivity contribution is 14.1. The Morgan fingerprint density at radius 3 is 2.67 bits per heavy atom. The first kappa shape index (κ1) is 16.1. The van der Waals surface area contributed by atoms with Gasteiger partial charge in [-0.05, 0) is 35.4 Å². The predicted octanol–water partition coefficient (Wildman–Crippen LogP) is 1.33. The van der Waals surface area contributed by atoms with Gasteiger partial charge in [-0.1, -0.05) is 0 Å². The van der Waals surface area contributed by atoms with E-state index in [9.17, 15) is 4.79 Å². The van der Waals surface area contributed by atoms with Gasteiger partial charge in [0.2, 0.25) is 5.91 Å². The molecule has 1 aliphatic heterocycles. The third kappa shape index (κ3) is 2.65. The molecule has 2 aromatic heterocycles. The number of aromatic nitrogens is 3. The van der Waals surface area contributed by atoms with Crippen LogP contribution in [0.15, 0.2) is 12.4 Å². The molecule has 128 valence electrons. The number of carbonyl (C=O) groups is 1. The van der Waals surface area contributed by atoms with Crippen LogP contribution in [0, 0.1) is 3.70 Å². The maximum atomic E-state index is 11.4. The summed E-state index contributed by atoms with van der Waals surface area (Å²) in [6.07, 6.45) is 5.94. The number of piperazine rings is 1. The summed E-state index contributed by atoms with van der Waals surface area (Å²) in [6, 6.07) is 0.605. The number of nitrogen functional groups attached to an aromatic ring is 1. The molecule has 1 saturated heterocycles. The molecule has 7 nitrogen and oxygen atoms in total. The zero-order valence-electron chi connectivity index (χ0n) is 13.7. The van der Waals surface area contributed by atoms with Crippen molar-refractivity contribution in [3.8, 4) is 0 Å². The van der Waals surface area contributed by atoms with Gasteiger partial charge in [-0.15, -0.1) is 0 Å². The van der Waals surface area contributed by atoms with Crippen LogP contribution >= 0.6 is 22.6 Å². The number of imidazole rings is 1. The van der Waals surface area contributed by atoms with E-state index in [1.807, 2.05) is 11.1 Å². The number of halogens is 1. The molecule has 1 amide bonds. The summed E-state index contributed by atoms with van der Waals surface area (Å²) >= 11 is 2.24. The molecule has 2 N–H and O–H groups in total. The minimum absolute atomic E-state index is 0.186. The highest BCUT2D eigenvalue weighted by Gasteiger charge is 2.38. The van der Waals surface area contributed by atoms with E-state index < -0.39 is 0 Å². The van der Waals surface area contributed by atoms with E-state index in [4.69, 9.17) is 10.7 Å². The number of carbonyl (C=O) groups excluding carboxylic acids is 1. The third-order valence-electron chi connectivity index (χ3n) is 5.32. The smallest absolute Gasteiger partial charge is 0.219 e. The topological polar surface area (TPSA) is 79.8 Å². The number of hydrogen-bond donors (Lipinski definition) is 1. The Morgan fingerprint density at radius 1 is 1.29 bits per heavy atom. The van der Waals surface area contributed by atoms with Crippen LogP contribution in [0.2, 0.25) is 0 Å². The minimum Gasteiger partial charge on any atom is -0.382 e. The standard InChI is InChI=1S/C16H21IN6O/c1-10(24)21-4-6-22(7-5-21)12-8-11(9-12)16-20-14(17)13-15(18)19-2-3-23(13)16/h2-3,11-12H,4-9H2,1H3,(H2,18,19)/t11-,12+. The number of amides is 1. The molecule has 2 aliphatic rings. The van der Waals surface area contributed by atoms with Gasteiger partial charge in [0.25, 0.3) is 0 Å². The highest BCUT2D eigenvalue weighted by atomic mass is 127. The van der Waals surface area contributed by atoms with Crippen molar-refractivity contribution in [3.63, 3.8) is 0 Å². The van der Waals surface area contributed by atoms with E-state index >= 15 is 0 Å². The fourth-order valence-electron chi connectivity index (χ4n) is 3.83. The Hall–Kier alpha value is -1.42. The molecule has 24 heavy (non-hydrogen) atoms. The number of fused-ring (bicyclic) bond motifs is 1. The number of nitrogens with zero attached hydrogens (tertiary/aromatic N) is 5. The maximum absolute atomic E-state index is 11.4. The average molecular weight is 440 g/mol. The van der Waals surface area contributed by atoms with Gasteiger partial charge in [0.05, 0.1) is 0 Å². The Morgan fingerprint density at radius 2 is 2.00 bits per heavy atom. The molecule has 0 atom stereocenters. The third-order valence-corrected chi connectivity index (χ3v) is 6.07. The van der Waals surface area contributed by atoms with Crippen LogP contribution in [-0.4, -0.2) is 62.3 Å². The summed E-state index contributed by atoms with van der Waals surface area (Å²) in [5, 5.41) is 0. The summed E-state index contributed by atoms with van der Waals surface area (Å²) in [5.41, 5.74) is 6.92. The molecule has 0 unspecified atom stereocenters. The molecule has 3 heterocycles. The van der Waals surface area contributed by atoms with E-state index in [0.29, 0.717) is 17.8 Å². The van der Waals surface area contributed by atoms with Crippen molar-refractivity contribution in [1.82, 2.24) is 24.2 Å². The first-order valence-electron chi connectivity index (χ1n) is 8.32. The van der Waals surface area contributed by atoms with E-state index in [1.54, 1.807) is 13.1 Å². The largest absolute Gasteiger partial charge is 0.382 e. The highest BCUT2D eigenvalue weighted by Crippen LogP contribution is 2.40. The second kappa shape index (κ2) is 6.14. The molecule has 0 bridgehead atoms. The van der Waals surface area contributed by atoms with Gasteiger partial charge in [-0.3, -0.25) is 14.1 Å². The summed E-state index contributed by atoms with van der Waals surface area (Å²) < 4.78 is 3.02. The SMILES string of the molecule is CC(=O)N1CCN([C@H]2C[C@@H](c3nc(I)c4c(N)nccn43)C2)CC1. The van der Waals surface area contributed by atoms with Crippen LogP contribution in [0.4, 0.5) is 5.82 Å².